The van der Waals surface area contributed by atoms with E-state index < -0.39 is 0 Å². The van der Waals surface area contributed by atoms with Gasteiger partial charge in [0.2, 0.25) is 0 Å². The molecule has 0 bridgehead atoms. The summed E-state index contributed by atoms with van der Waals surface area (Å²) in [7, 11) is 0. The van der Waals surface area contributed by atoms with Gasteiger partial charge in [-0.1, -0.05) is 35.5 Å². The maximum absolute atomic E-state index is 5.50. The van der Waals surface area contributed by atoms with Gasteiger partial charge in [0, 0.05) is 0 Å². The van der Waals surface area contributed by atoms with E-state index in [1.54, 1.807) is 0 Å². The molecule has 0 aliphatic rings. The first-order chi connectivity index (χ1) is 7.90. The van der Waals surface area contributed by atoms with Gasteiger partial charge in [-0.15, -0.1) is 5.10 Å². The standard InChI is InChI=1S/C12H16N4/c13-8-4-7-12-9-14-15-16(12)10-11-5-2-1-3-6-11/h1-3,5-6,9H,4,7-8,10,13H2. The van der Waals surface area contributed by atoms with Gasteiger partial charge in [0.25, 0.3) is 0 Å². The minimum atomic E-state index is 0.705. The first-order valence-corrected chi connectivity index (χ1v) is 5.51. The fourth-order valence-electron chi connectivity index (χ4n) is 1.65. The fraction of sp³-hybridized carbons (Fsp3) is 0.333. The number of aryl methyl sites for hydroxylation is 1. The van der Waals surface area contributed by atoms with E-state index >= 15 is 0 Å². The second-order valence-electron chi connectivity index (χ2n) is 3.76. The number of nitrogens with zero attached hydrogens (tertiary/aromatic N) is 3. The van der Waals surface area contributed by atoms with Crippen LogP contribution in [0.5, 0.6) is 0 Å². The molecule has 1 aromatic carbocycles. The summed E-state index contributed by atoms with van der Waals surface area (Å²) in [6.45, 7) is 1.48. The maximum Gasteiger partial charge on any atom is 0.0725 e. The number of nitrogens with two attached hydrogens (primary N) is 1. The first-order valence-electron chi connectivity index (χ1n) is 5.51. The summed E-state index contributed by atoms with van der Waals surface area (Å²) in [4.78, 5) is 0. The van der Waals surface area contributed by atoms with Crippen LogP contribution >= 0.6 is 0 Å². The molecule has 0 saturated carbocycles. The fourth-order valence-corrected chi connectivity index (χ4v) is 1.65. The minimum Gasteiger partial charge on any atom is -0.330 e. The van der Waals surface area contributed by atoms with Gasteiger partial charge in [0.15, 0.2) is 0 Å². The molecule has 0 spiro atoms. The van der Waals surface area contributed by atoms with E-state index in [1.165, 1.54) is 5.56 Å². The zero-order chi connectivity index (χ0) is 11.2. The van der Waals surface area contributed by atoms with E-state index in [0.29, 0.717) is 6.54 Å². The third-order valence-electron chi connectivity index (χ3n) is 2.51. The van der Waals surface area contributed by atoms with Gasteiger partial charge in [-0.25, -0.2) is 4.68 Å². The van der Waals surface area contributed by atoms with Crippen molar-refractivity contribution < 1.29 is 0 Å². The molecule has 0 aliphatic carbocycles. The Labute approximate surface area is 95.1 Å². The summed E-state index contributed by atoms with van der Waals surface area (Å²) in [6, 6.07) is 10.3. The average molecular weight is 216 g/mol. The quantitative estimate of drug-likeness (QED) is 0.817. The molecular formula is C12H16N4. The van der Waals surface area contributed by atoms with Crippen molar-refractivity contribution >= 4 is 0 Å². The Balaban J connectivity index is 2.07. The molecule has 0 fully saturated rings. The zero-order valence-electron chi connectivity index (χ0n) is 9.21. The summed E-state index contributed by atoms with van der Waals surface area (Å²) < 4.78 is 1.94. The lowest BCUT2D eigenvalue weighted by Crippen LogP contribution is -2.08. The molecule has 0 amide bonds. The van der Waals surface area contributed by atoms with E-state index in [0.717, 1.165) is 25.1 Å². The first kappa shape index (κ1) is 10.8. The Morgan fingerprint density at radius 3 is 2.75 bits per heavy atom. The predicted octanol–water partition coefficient (Wildman–Crippen LogP) is 1.22. The largest absolute Gasteiger partial charge is 0.330 e. The van der Waals surface area contributed by atoms with Crippen LogP contribution in [0.1, 0.15) is 17.7 Å². The molecule has 4 heteroatoms. The molecule has 0 aliphatic heterocycles. The van der Waals surface area contributed by atoms with Crippen LogP contribution in [0.25, 0.3) is 0 Å². The number of aromatic nitrogens is 3. The van der Waals surface area contributed by atoms with Crippen molar-refractivity contribution in [3.05, 3.63) is 47.8 Å². The second-order valence-corrected chi connectivity index (χ2v) is 3.76. The van der Waals surface area contributed by atoms with E-state index in [-0.39, 0.29) is 0 Å². The monoisotopic (exact) mass is 216 g/mol. The van der Waals surface area contributed by atoms with Gasteiger partial charge in [-0.3, -0.25) is 0 Å². The third-order valence-corrected chi connectivity index (χ3v) is 2.51. The van der Waals surface area contributed by atoms with Gasteiger partial charge in [0.1, 0.15) is 0 Å². The molecule has 2 N–H and O–H groups in total. The van der Waals surface area contributed by atoms with E-state index in [1.807, 2.05) is 29.1 Å². The molecule has 4 nitrogen and oxygen atoms in total. The highest BCUT2D eigenvalue weighted by molar-refractivity contribution is 5.15. The van der Waals surface area contributed by atoms with Crippen LogP contribution in [-0.2, 0) is 13.0 Å². The second kappa shape index (κ2) is 5.42. The van der Waals surface area contributed by atoms with Crippen LogP contribution in [0.3, 0.4) is 0 Å². The molecular weight excluding hydrogens is 200 g/mol. The lowest BCUT2D eigenvalue weighted by molar-refractivity contribution is 0.609. The van der Waals surface area contributed by atoms with Crippen LogP contribution in [0, 0.1) is 0 Å². The van der Waals surface area contributed by atoms with E-state index in [9.17, 15) is 0 Å². The van der Waals surface area contributed by atoms with Gasteiger partial charge in [-0.05, 0) is 24.9 Å². The summed E-state index contributed by atoms with van der Waals surface area (Å²) >= 11 is 0. The molecule has 1 heterocycles. The SMILES string of the molecule is NCCCc1cnnn1Cc1ccccc1. The Kier molecular flexibility index (Phi) is 3.66. The number of hydrogen-bond acceptors (Lipinski definition) is 3. The van der Waals surface area contributed by atoms with Crippen molar-refractivity contribution in [1.82, 2.24) is 15.0 Å². The van der Waals surface area contributed by atoms with Crippen molar-refractivity contribution in [1.29, 1.82) is 0 Å². The summed E-state index contributed by atoms with van der Waals surface area (Å²) in [5, 5.41) is 8.03. The van der Waals surface area contributed by atoms with Gasteiger partial charge < -0.3 is 5.73 Å². The summed E-state index contributed by atoms with van der Waals surface area (Å²) in [5.74, 6) is 0. The van der Waals surface area contributed by atoms with Gasteiger partial charge in [-0.2, -0.15) is 0 Å². The maximum atomic E-state index is 5.50. The van der Waals surface area contributed by atoms with Crippen molar-refractivity contribution in [2.24, 2.45) is 5.73 Å². The van der Waals surface area contributed by atoms with Crippen LogP contribution in [0.2, 0.25) is 0 Å². The third kappa shape index (κ3) is 2.67. The highest BCUT2D eigenvalue weighted by atomic mass is 15.4. The predicted molar refractivity (Wildman–Crippen MR) is 62.9 cm³/mol. The Morgan fingerprint density at radius 1 is 1.19 bits per heavy atom. The van der Waals surface area contributed by atoms with Crippen molar-refractivity contribution in [3.63, 3.8) is 0 Å². The summed E-state index contributed by atoms with van der Waals surface area (Å²) in [6.07, 6.45) is 3.73. The molecule has 1 aromatic heterocycles. The topological polar surface area (TPSA) is 56.7 Å². The van der Waals surface area contributed by atoms with Gasteiger partial charge >= 0.3 is 0 Å². The average Bonchev–Trinajstić information content (AvgIpc) is 2.75. The van der Waals surface area contributed by atoms with Crippen molar-refractivity contribution in [2.45, 2.75) is 19.4 Å². The molecule has 0 atom stereocenters. The number of benzene rings is 1. The van der Waals surface area contributed by atoms with E-state index in [4.69, 9.17) is 5.73 Å². The number of hydrogen-bond donors (Lipinski definition) is 1. The molecule has 2 aromatic rings. The van der Waals surface area contributed by atoms with E-state index in [2.05, 4.69) is 22.4 Å². The molecule has 16 heavy (non-hydrogen) atoms. The van der Waals surface area contributed by atoms with Crippen LogP contribution in [0.15, 0.2) is 36.5 Å². The molecule has 84 valence electrons. The normalized spacial score (nSPS) is 10.6. The number of rotatable bonds is 5. The van der Waals surface area contributed by atoms with Gasteiger partial charge in [0.05, 0.1) is 18.4 Å². The van der Waals surface area contributed by atoms with Crippen molar-refractivity contribution in [3.8, 4) is 0 Å². The zero-order valence-corrected chi connectivity index (χ0v) is 9.21. The highest BCUT2D eigenvalue weighted by Crippen LogP contribution is 2.05. The molecule has 0 unspecified atom stereocenters. The minimum absolute atomic E-state index is 0.705. The van der Waals surface area contributed by atoms with Crippen LogP contribution in [0.4, 0.5) is 0 Å². The smallest absolute Gasteiger partial charge is 0.0725 e. The summed E-state index contributed by atoms with van der Waals surface area (Å²) in [5.41, 5.74) is 7.88. The lowest BCUT2D eigenvalue weighted by atomic mass is 10.2. The Hall–Kier alpha value is -1.68. The van der Waals surface area contributed by atoms with Crippen molar-refractivity contribution in [2.75, 3.05) is 6.54 Å². The Morgan fingerprint density at radius 2 is 2.00 bits per heavy atom. The molecule has 0 radical (unpaired) electrons. The Bertz CT molecular complexity index is 422. The molecule has 2 rings (SSSR count). The highest BCUT2D eigenvalue weighted by Gasteiger charge is 2.03. The molecule has 0 saturated heterocycles. The van der Waals surface area contributed by atoms with Crippen LogP contribution < -0.4 is 5.73 Å². The lowest BCUT2D eigenvalue weighted by Gasteiger charge is -2.05. The van der Waals surface area contributed by atoms with Crippen LogP contribution in [-0.4, -0.2) is 21.5 Å².